The number of nitrogens with one attached hydrogen (secondary N) is 2. The fourth-order valence-corrected chi connectivity index (χ4v) is 1.84. The lowest BCUT2D eigenvalue weighted by Crippen LogP contribution is -2.41. The van der Waals surface area contributed by atoms with Gasteiger partial charge in [0.25, 0.3) is 0 Å². The van der Waals surface area contributed by atoms with Crippen molar-refractivity contribution in [3.8, 4) is 0 Å². The first kappa shape index (κ1) is 11.0. The van der Waals surface area contributed by atoms with Gasteiger partial charge in [-0.05, 0) is 25.3 Å². The summed E-state index contributed by atoms with van der Waals surface area (Å²) in [7, 11) is 0. The second-order valence-corrected chi connectivity index (χ2v) is 4.18. The van der Waals surface area contributed by atoms with E-state index in [1.165, 1.54) is 11.1 Å². The quantitative estimate of drug-likeness (QED) is 0.804. The lowest BCUT2D eigenvalue weighted by molar-refractivity contribution is 0.700. The standard InChI is InChI=1S/C13H19N3/c1-11-4-2-5-12(10-11)6-9-16-13-14-7-3-8-15-13/h2,4-5,10H,3,6-9H2,1H3,(H2,14,15,16). The van der Waals surface area contributed by atoms with Gasteiger partial charge in [0.2, 0.25) is 0 Å². The summed E-state index contributed by atoms with van der Waals surface area (Å²) >= 11 is 0. The highest BCUT2D eigenvalue weighted by Crippen LogP contribution is 2.03. The van der Waals surface area contributed by atoms with Crippen LogP contribution in [0.25, 0.3) is 0 Å². The van der Waals surface area contributed by atoms with Crippen molar-refractivity contribution in [3.05, 3.63) is 35.4 Å². The van der Waals surface area contributed by atoms with Crippen LogP contribution in [0.4, 0.5) is 0 Å². The van der Waals surface area contributed by atoms with E-state index in [1.54, 1.807) is 0 Å². The van der Waals surface area contributed by atoms with Crippen LogP contribution in [0.5, 0.6) is 0 Å². The molecule has 1 aliphatic heterocycles. The van der Waals surface area contributed by atoms with Crippen LogP contribution >= 0.6 is 0 Å². The van der Waals surface area contributed by atoms with E-state index in [-0.39, 0.29) is 0 Å². The molecule has 0 aliphatic carbocycles. The predicted octanol–water partition coefficient (Wildman–Crippen LogP) is 1.48. The van der Waals surface area contributed by atoms with Crippen molar-refractivity contribution in [1.29, 1.82) is 0 Å². The Morgan fingerprint density at radius 2 is 2.38 bits per heavy atom. The predicted molar refractivity (Wildman–Crippen MR) is 67.8 cm³/mol. The molecule has 0 radical (unpaired) electrons. The van der Waals surface area contributed by atoms with Gasteiger partial charge in [-0.25, -0.2) is 0 Å². The molecule has 86 valence electrons. The molecule has 2 N–H and O–H groups in total. The topological polar surface area (TPSA) is 36.4 Å². The van der Waals surface area contributed by atoms with Crippen molar-refractivity contribution < 1.29 is 0 Å². The van der Waals surface area contributed by atoms with E-state index in [4.69, 9.17) is 0 Å². The van der Waals surface area contributed by atoms with Gasteiger partial charge in [0, 0.05) is 19.6 Å². The van der Waals surface area contributed by atoms with Gasteiger partial charge in [-0.15, -0.1) is 0 Å². The number of aliphatic imine (C=N–C) groups is 1. The average molecular weight is 217 g/mol. The van der Waals surface area contributed by atoms with E-state index in [0.717, 1.165) is 38.4 Å². The van der Waals surface area contributed by atoms with Gasteiger partial charge >= 0.3 is 0 Å². The van der Waals surface area contributed by atoms with Crippen LogP contribution in [0.15, 0.2) is 29.3 Å². The fourth-order valence-electron chi connectivity index (χ4n) is 1.84. The zero-order valence-corrected chi connectivity index (χ0v) is 9.79. The van der Waals surface area contributed by atoms with Crippen molar-refractivity contribution in [2.75, 3.05) is 19.6 Å². The maximum atomic E-state index is 4.37. The molecule has 16 heavy (non-hydrogen) atoms. The second kappa shape index (κ2) is 5.54. The molecular formula is C13H19N3. The molecule has 1 aliphatic rings. The van der Waals surface area contributed by atoms with Crippen molar-refractivity contribution in [2.45, 2.75) is 19.8 Å². The minimum absolute atomic E-state index is 0.940. The lowest BCUT2D eigenvalue weighted by atomic mass is 10.1. The fraction of sp³-hybridized carbons (Fsp3) is 0.462. The monoisotopic (exact) mass is 217 g/mol. The largest absolute Gasteiger partial charge is 0.356 e. The van der Waals surface area contributed by atoms with Crippen molar-refractivity contribution in [2.24, 2.45) is 4.99 Å². The summed E-state index contributed by atoms with van der Waals surface area (Å²) in [5.74, 6) is 0.957. The minimum Gasteiger partial charge on any atom is -0.356 e. The van der Waals surface area contributed by atoms with Crippen molar-refractivity contribution in [3.63, 3.8) is 0 Å². The molecule has 0 unspecified atom stereocenters. The molecule has 2 rings (SSSR count). The molecular weight excluding hydrogens is 198 g/mol. The Kier molecular flexibility index (Phi) is 3.81. The van der Waals surface area contributed by atoms with E-state index in [9.17, 15) is 0 Å². The van der Waals surface area contributed by atoms with E-state index in [1.807, 2.05) is 0 Å². The van der Waals surface area contributed by atoms with Gasteiger partial charge in [0.1, 0.15) is 0 Å². The molecule has 0 aromatic heterocycles. The highest BCUT2D eigenvalue weighted by molar-refractivity contribution is 5.80. The molecule has 0 bridgehead atoms. The summed E-state index contributed by atoms with van der Waals surface area (Å²) in [6.45, 7) is 5.05. The first-order valence-electron chi connectivity index (χ1n) is 5.92. The van der Waals surface area contributed by atoms with Gasteiger partial charge in [0.05, 0.1) is 0 Å². The highest BCUT2D eigenvalue weighted by atomic mass is 15.2. The van der Waals surface area contributed by atoms with E-state index in [2.05, 4.69) is 46.8 Å². The molecule has 3 heteroatoms. The summed E-state index contributed by atoms with van der Waals surface area (Å²) in [6.07, 6.45) is 2.19. The summed E-state index contributed by atoms with van der Waals surface area (Å²) < 4.78 is 0. The number of aryl methyl sites for hydroxylation is 1. The maximum Gasteiger partial charge on any atom is 0.191 e. The third-order valence-electron chi connectivity index (χ3n) is 2.69. The lowest BCUT2D eigenvalue weighted by Gasteiger charge is -2.15. The molecule has 0 saturated carbocycles. The number of benzene rings is 1. The SMILES string of the molecule is Cc1cccc(CCNC2=NCCCN2)c1. The molecule has 0 saturated heterocycles. The summed E-state index contributed by atoms with van der Waals surface area (Å²) in [5, 5.41) is 6.58. The van der Waals surface area contributed by atoms with E-state index in [0.29, 0.717) is 0 Å². The Balaban J connectivity index is 1.77. The van der Waals surface area contributed by atoms with Crippen LogP contribution in [-0.2, 0) is 6.42 Å². The maximum absolute atomic E-state index is 4.37. The summed E-state index contributed by atoms with van der Waals surface area (Å²) in [5.41, 5.74) is 2.70. The van der Waals surface area contributed by atoms with Gasteiger partial charge in [0.15, 0.2) is 5.96 Å². The summed E-state index contributed by atoms with van der Waals surface area (Å²) in [4.78, 5) is 4.37. The van der Waals surface area contributed by atoms with Crippen LogP contribution in [0.1, 0.15) is 17.5 Å². The normalized spacial score (nSPS) is 15.2. The molecule has 3 nitrogen and oxygen atoms in total. The number of rotatable bonds is 3. The van der Waals surface area contributed by atoms with Gasteiger partial charge < -0.3 is 10.6 Å². The Morgan fingerprint density at radius 1 is 1.44 bits per heavy atom. The molecule has 1 aromatic rings. The number of hydrogen-bond donors (Lipinski definition) is 2. The Labute approximate surface area is 97.0 Å². The number of hydrogen-bond acceptors (Lipinski definition) is 3. The van der Waals surface area contributed by atoms with Crippen LogP contribution < -0.4 is 10.6 Å². The number of nitrogens with zero attached hydrogens (tertiary/aromatic N) is 1. The Morgan fingerprint density at radius 3 is 3.12 bits per heavy atom. The third-order valence-corrected chi connectivity index (χ3v) is 2.69. The van der Waals surface area contributed by atoms with Crippen molar-refractivity contribution in [1.82, 2.24) is 10.6 Å². The molecule has 0 atom stereocenters. The number of guanidine groups is 1. The van der Waals surface area contributed by atoms with E-state index >= 15 is 0 Å². The minimum atomic E-state index is 0.940. The zero-order valence-electron chi connectivity index (χ0n) is 9.79. The first-order valence-corrected chi connectivity index (χ1v) is 5.92. The molecule has 0 fully saturated rings. The zero-order chi connectivity index (χ0) is 11.2. The van der Waals surface area contributed by atoms with E-state index < -0.39 is 0 Å². The van der Waals surface area contributed by atoms with Crippen LogP contribution in [0, 0.1) is 6.92 Å². The first-order chi connectivity index (χ1) is 7.84. The average Bonchev–Trinajstić information content (AvgIpc) is 2.30. The van der Waals surface area contributed by atoms with Crippen molar-refractivity contribution >= 4 is 5.96 Å². The molecule has 0 spiro atoms. The Hall–Kier alpha value is -1.51. The van der Waals surface area contributed by atoms with Crippen LogP contribution in [-0.4, -0.2) is 25.6 Å². The van der Waals surface area contributed by atoms with Gasteiger partial charge in [-0.3, -0.25) is 4.99 Å². The van der Waals surface area contributed by atoms with Crippen LogP contribution in [0.2, 0.25) is 0 Å². The molecule has 1 aromatic carbocycles. The Bertz CT molecular complexity index is 371. The van der Waals surface area contributed by atoms with Gasteiger partial charge in [-0.1, -0.05) is 29.8 Å². The van der Waals surface area contributed by atoms with Gasteiger partial charge in [-0.2, -0.15) is 0 Å². The third kappa shape index (κ3) is 3.26. The summed E-state index contributed by atoms with van der Waals surface area (Å²) in [6, 6.07) is 8.65. The second-order valence-electron chi connectivity index (χ2n) is 4.18. The molecule has 1 heterocycles. The highest BCUT2D eigenvalue weighted by Gasteiger charge is 2.02. The smallest absolute Gasteiger partial charge is 0.191 e. The molecule has 0 amide bonds. The van der Waals surface area contributed by atoms with Crippen LogP contribution in [0.3, 0.4) is 0 Å².